The molecule has 0 radical (unpaired) electrons. The van der Waals surface area contributed by atoms with Gasteiger partial charge >= 0.3 is 0 Å². The van der Waals surface area contributed by atoms with Crippen molar-refractivity contribution in [2.45, 2.75) is 19.6 Å². The summed E-state index contributed by atoms with van der Waals surface area (Å²) < 4.78 is 4.99. The zero-order valence-corrected chi connectivity index (χ0v) is 11.4. The highest BCUT2D eigenvalue weighted by molar-refractivity contribution is 7.09. The summed E-state index contributed by atoms with van der Waals surface area (Å²) >= 11 is 1.51. The molecule has 0 saturated carbocycles. The van der Waals surface area contributed by atoms with Crippen LogP contribution >= 0.6 is 11.3 Å². The van der Waals surface area contributed by atoms with Crippen LogP contribution in [0.15, 0.2) is 29.9 Å². The van der Waals surface area contributed by atoms with E-state index in [1.54, 1.807) is 19.5 Å². The number of carbonyl (C=O) groups is 1. The van der Waals surface area contributed by atoms with Gasteiger partial charge in [0.2, 0.25) is 5.91 Å². The van der Waals surface area contributed by atoms with Crippen molar-refractivity contribution >= 4 is 17.2 Å². The van der Waals surface area contributed by atoms with Crippen LogP contribution < -0.4 is 5.32 Å². The third kappa shape index (κ3) is 4.42. The van der Waals surface area contributed by atoms with Gasteiger partial charge in [-0.3, -0.25) is 9.78 Å². The Morgan fingerprint density at radius 2 is 2.21 bits per heavy atom. The standard InChI is InChI=1S/C13H15N3O2S/c1-18-8-13-16-11(9-19-13)6-12(17)15-7-10-2-4-14-5-3-10/h2-5,9H,6-8H2,1H3,(H,15,17). The highest BCUT2D eigenvalue weighted by Gasteiger charge is 2.07. The van der Waals surface area contributed by atoms with Gasteiger partial charge in [-0.05, 0) is 17.7 Å². The summed E-state index contributed by atoms with van der Waals surface area (Å²) in [6, 6.07) is 3.75. The van der Waals surface area contributed by atoms with Crippen LogP contribution in [-0.2, 0) is 29.1 Å². The van der Waals surface area contributed by atoms with Crippen molar-refractivity contribution in [1.29, 1.82) is 0 Å². The molecule has 2 rings (SSSR count). The summed E-state index contributed by atoms with van der Waals surface area (Å²) in [6.07, 6.45) is 3.71. The monoisotopic (exact) mass is 277 g/mol. The van der Waals surface area contributed by atoms with Gasteiger partial charge in [0.25, 0.3) is 0 Å². The van der Waals surface area contributed by atoms with Gasteiger partial charge in [-0.2, -0.15) is 0 Å². The second-order valence-electron chi connectivity index (χ2n) is 3.97. The number of ether oxygens (including phenoxy) is 1. The minimum Gasteiger partial charge on any atom is -0.378 e. The van der Waals surface area contributed by atoms with Gasteiger partial charge in [-0.25, -0.2) is 4.98 Å². The summed E-state index contributed by atoms with van der Waals surface area (Å²) in [4.78, 5) is 20.0. The number of hydrogen-bond acceptors (Lipinski definition) is 5. The Labute approximate surface area is 115 Å². The first-order chi connectivity index (χ1) is 9.28. The van der Waals surface area contributed by atoms with E-state index in [2.05, 4.69) is 15.3 Å². The van der Waals surface area contributed by atoms with E-state index in [-0.39, 0.29) is 5.91 Å². The third-order valence-electron chi connectivity index (χ3n) is 2.45. The summed E-state index contributed by atoms with van der Waals surface area (Å²) in [6.45, 7) is 1.000. The van der Waals surface area contributed by atoms with Gasteiger partial charge in [-0.15, -0.1) is 11.3 Å². The van der Waals surface area contributed by atoms with Gasteiger partial charge in [0, 0.05) is 31.4 Å². The number of rotatable bonds is 6. The molecule has 100 valence electrons. The summed E-state index contributed by atoms with van der Waals surface area (Å²) in [5, 5.41) is 5.63. The molecule has 0 aromatic carbocycles. The van der Waals surface area contributed by atoms with Crippen LogP contribution in [0.5, 0.6) is 0 Å². The van der Waals surface area contributed by atoms with Crippen LogP contribution in [-0.4, -0.2) is 23.0 Å². The molecule has 0 atom stereocenters. The van der Waals surface area contributed by atoms with Crippen molar-refractivity contribution in [1.82, 2.24) is 15.3 Å². The zero-order chi connectivity index (χ0) is 13.5. The van der Waals surface area contributed by atoms with E-state index in [0.29, 0.717) is 19.6 Å². The number of nitrogens with zero attached hydrogens (tertiary/aromatic N) is 2. The zero-order valence-electron chi connectivity index (χ0n) is 10.6. The number of hydrogen-bond donors (Lipinski definition) is 1. The summed E-state index contributed by atoms with van der Waals surface area (Å²) in [5.74, 6) is -0.0360. The fourth-order valence-corrected chi connectivity index (χ4v) is 2.31. The lowest BCUT2D eigenvalue weighted by Crippen LogP contribution is -2.24. The second kappa shape index (κ2) is 6.96. The molecular weight excluding hydrogens is 262 g/mol. The number of pyridine rings is 1. The van der Waals surface area contributed by atoms with Gasteiger partial charge in [0.1, 0.15) is 5.01 Å². The SMILES string of the molecule is COCc1nc(CC(=O)NCc2ccncc2)cs1. The largest absolute Gasteiger partial charge is 0.378 e. The molecule has 1 amide bonds. The molecule has 0 aliphatic rings. The molecule has 2 heterocycles. The molecule has 0 spiro atoms. The molecule has 2 aromatic heterocycles. The number of amides is 1. The number of thiazole rings is 1. The normalized spacial score (nSPS) is 10.4. The molecule has 0 unspecified atom stereocenters. The lowest BCUT2D eigenvalue weighted by atomic mass is 10.2. The fourth-order valence-electron chi connectivity index (χ4n) is 1.55. The maximum absolute atomic E-state index is 11.8. The molecule has 5 nitrogen and oxygen atoms in total. The lowest BCUT2D eigenvalue weighted by molar-refractivity contribution is -0.120. The van der Waals surface area contributed by atoms with Crippen LogP contribution in [0.3, 0.4) is 0 Å². The Morgan fingerprint density at radius 3 is 2.95 bits per heavy atom. The summed E-state index contributed by atoms with van der Waals surface area (Å²) in [5.41, 5.74) is 1.81. The molecule has 0 fully saturated rings. The lowest BCUT2D eigenvalue weighted by Gasteiger charge is -2.03. The predicted octanol–water partition coefficient (Wildman–Crippen LogP) is 1.54. The van der Waals surface area contributed by atoms with E-state index >= 15 is 0 Å². The van der Waals surface area contributed by atoms with Gasteiger partial charge in [0.05, 0.1) is 18.7 Å². The average molecular weight is 277 g/mol. The Morgan fingerprint density at radius 1 is 1.42 bits per heavy atom. The highest BCUT2D eigenvalue weighted by atomic mass is 32.1. The second-order valence-corrected chi connectivity index (χ2v) is 4.92. The maximum Gasteiger partial charge on any atom is 0.226 e. The molecular formula is C13H15N3O2S. The molecule has 6 heteroatoms. The number of carbonyl (C=O) groups excluding carboxylic acids is 1. The molecule has 0 saturated heterocycles. The van der Waals surface area contributed by atoms with E-state index in [9.17, 15) is 4.79 Å². The van der Waals surface area contributed by atoms with Crippen LogP contribution in [0.4, 0.5) is 0 Å². The van der Waals surface area contributed by atoms with Crippen molar-refractivity contribution in [2.24, 2.45) is 0 Å². The molecule has 0 bridgehead atoms. The Balaban J connectivity index is 1.80. The smallest absolute Gasteiger partial charge is 0.226 e. The van der Waals surface area contributed by atoms with Gasteiger partial charge in [-0.1, -0.05) is 0 Å². The van der Waals surface area contributed by atoms with Crippen molar-refractivity contribution < 1.29 is 9.53 Å². The molecule has 0 aliphatic heterocycles. The first-order valence-electron chi connectivity index (χ1n) is 5.85. The minimum absolute atomic E-state index is 0.0360. The van der Waals surface area contributed by atoms with E-state index in [4.69, 9.17) is 4.74 Å². The molecule has 19 heavy (non-hydrogen) atoms. The van der Waals surface area contributed by atoms with Crippen LogP contribution in [0.2, 0.25) is 0 Å². The predicted molar refractivity (Wildman–Crippen MR) is 72.6 cm³/mol. The fraction of sp³-hybridized carbons (Fsp3) is 0.308. The first-order valence-corrected chi connectivity index (χ1v) is 6.73. The van der Waals surface area contributed by atoms with Crippen LogP contribution in [0.1, 0.15) is 16.3 Å². The Hall–Kier alpha value is -1.79. The van der Waals surface area contributed by atoms with Crippen molar-refractivity contribution in [3.05, 3.63) is 46.2 Å². The number of nitrogens with one attached hydrogen (secondary N) is 1. The minimum atomic E-state index is -0.0360. The highest BCUT2D eigenvalue weighted by Crippen LogP contribution is 2.11. The van der Waals surface area contributed by atoms with Gasteiger partial charge in [0.15, 0.2) is 0 Å². The molecule has 2 aromatic rings. The topological polar surface area (TPSA) is 64.1 Å². The molecule has 0 aliphatic carbocycles. The van der Waals surface area contributed by atoms with Crippen LogP contribution in [0, 0.1) is 0 Å². The molecule has 1 N–H and O–H groups in total. The van der Waals surface area contributed by atoms with Crippen molar-refractivity contribution in [3.63, 3.8) is 0 Å². The Kier molecular flexibility index (Phi) is 5.00. The summed E-state index contributed by atoms with van der Waals surface area (Å²) in [7, 11) is 1.63. The van der Waals surface area contributed by atoms with E-state index in [1.165, 1.54) is 11.3 Å². The van der Waals surface area contributed by atoms with Crippen molar-refractivity contribution in [2.75, 3.05) is 7.11 Å². The van der Waals surface area contributed by atoms with E-state index in [0.717, 1.165) is 16.3 Å². The Bertz CT molecular complexity index is 528. The van der Waals surface area contributed by atoms with Crippen molar-refractivity contribution in [3.8, 4) is 0 Å². The van der Waals surface area contributed by atoms with Gasteiger partial charge < -0.3 is 10.1 Å². The number of aromatic nitrogens is 2. The number of methoxy groups -OCH3 is 1. The van der Waals surface area contributed by atoms with E-state index < -0.39 is 0 Å². The maximum atomic E-state index is 11.8. The average Bonchev–Trinajstić information content (AvgIpc) is 2.85. The third-order valence-corrected chi connectivity index (χ3v) is 3.32. The van der Waals surface area contributed by atoms with E-state index in [1.807, 2.05) is 17.5 Å². The first kappa shape index (κ1) is 13.6. The van der Waals surface area contributed by atoms with Crippen LogP contribution in [0.25, 0.3) is 0 Å². The quantitative estimate of drug-likeness (QED) is 0.870.